The van der Waals surface area contributed by atoms with Gasteiger partial charge < -0.3 is 10.4 Å². The number of carbonyl (C=O) groups is 2. The van der Waals surface area contributed by atoms with Gasteiger partial charge in [0.25, 0.3) is 5.91 Å². The van der Waals surface area contributed by atoms with E-state index >= 15 is 0 Å². The first-order valence-corrected chi connectivity index (χ1v) is 6.92. The molecule has 1 heterocycles. The molecule has 0 aliphatic carbocycles. The molecule has 0 unspecified atom stereocenters. The second-order valence-electron chi connectivity index (χ2n) is 3.40. The van der Waals surface area contributed by atoms with Gasteiger partial charge in [-0.15, -0.1) is 11.3 Å². The van der Waals surface area contributed by atoms with Crippen LogP contribution in [0, 0.1) is 3.57 Å². The molecule has 18 heavy (non-hydrogen) atoms. The van der Waals surface area contributed by atoms with Gasteiger partial charge in [0, 0.05) is 3.57 Å². The van der Waals surface area contributed by atoms with Crippen molar-refractivity contribution in [1.82, 2.24) is 0 Å². The molecule has 0 aliphatic rings. The van der Waals surface area contributed by atoms with Gasteiger partial charge in [0.2, 0.25) is 0 Å². The Kier molecular flexibility index (Phi) is 3.97. The predicted octanol–water partition coefficient (Wildman–Crippen LogP) is 3.30. The minimum Gasteiger partial charge on any atom is -0.477 e. The lowest BCUT2D eigenvalue weighted by Crippen LogP contribution is -2.14. The van der Waals surface area contributed by atoms with Crippen LogP contribution in [0.1, 0.15) is 20.0 Å². The van der Waals surface area contributed by atoms with Crippen LogP contribution < -0.4 is 5.32 Å². The van der Waals surface area contributed by atoms with Crippen molar-refractivity contribution in [3.63, 3.8) is 0 Å². The zero-order chi connectivity index (χ0) is 13.1. The van der Waals surface area contributed by atoms with Crippen LogP contribution in [0.25, 0.3) is 0 Å². The topological polar surface area (TPSA) is 66.4 Å². The lowest BCUT2D eigenvalue weighted by atomic mass is 10.2. The first-order chi connectivity index (χ1) is 8.59. The van der Waals surface area contributed by atoms with Crippen LogP contribution in [0.5, 0.6) is 0 Å². The molecule has 92 valence electrons. The zero-order valence-electron chi connectivity index (χ0n) is 9.01. The van der Waals surface area contributed by atoms with Crippen LogP contribution >= 0.6 is 33.9 Å². The van der Waals surface area contributed by atoms with Gasteiger partial charge in [-0.1, -0.05) is 12.1 Å². The summed E-state index contributed by atoms with van der Waals surface area (Å²) >= 11 is 3.15. The zero-order valence-corrected chi connectivity index (χ0v) is 12.0. The molecule has 6 heteroatoms. The first-order valence-electron chi connectivity index (χ1n) is 4.96. The molecule has 0 bridgehead atoms. The van der Waals surface area contributed by atoms with E-state index in [4.69, 9.17) is 5.11 Å². The average Bonchev–Trinajstić information content (AvgIpc) is 2.77. The molecular formula is C12H8INO3S. The van der Waals surface area contributed by atoms with E-state index in [0.717, 1.165) is 14.9 Å². The van der Waals surface area contributed by atoms with Gasteiger partial charge in [0.15, 0.2) is 0 Å². The van der Waals surface area contributed by atoms with Crippen LogP contribution in [0.3, 0.4) is 0 Å². The average molecular weight is 373 g/mol. The van der Waals surface area contributed by atoms with Gasteiger partial charge in [-0.05, 0) is 46.2 Å². The summed E-state index contributed by atoms with van der Waals surface area (Å²) in [6, 6.07) is 8.71. The molecule has 0 saturated heterocycles. The SMILES string of the molecule is O=C(Nc1ccsc1C(=O)O)c1ccccc1I. The normalized spacial score (nSPS) is 10.1. The fraction of sp³-hybridized carbons (Fsp3) is 0. The Morgan fingerprint density at radius 2 is 1.94 bits per heavy atom. The van der Waals surface area contributed by atoms with Crippen LogP contribution in [0.4, 0.5) is 5.69 Å². The van der Waals surface area contributed by atoms with Gasteiger partial charge in [-0.2, -0.15) is 0 Å². The number of aromatic carboxylic acids is 1. The number of carbonyl (C=O) groups excluding carboxylic acids is 1. The van der Waals surface area contributed by atoms with E-state index in [0.29, 0.717) is 11.3 Å². The number of hydrogen-bond acceptors (Lipinski definition) is 3. The summed E-state index contributed by atoms with van der Waals surface area (Å²) in [4.78, 5) is 23.1. The van der Waals surface area contributed by atoms with Crippen LogP contribution in [-0.4, -0.2) is 17.0 Å². The number of amides is 1. The highest BCUT2D eigenvalue weighted by Crippen LogP contribution is 2.23. The first kappa shape index (κ1) is 13.0. The van der Waals surface area contributed by atoms with E-state index in [1.165, 1.54) is 0 Å². The van der Waals surface area contributed by atoms with Crippen LogP contribution in [-0.2, 0) is 0 Å². The number of carboxylic acid groups (broad SMARTS) is 1. The largest absolute Gasteiger partial charge is 0.477 e. The quantitative estimate of drug-likeness (QED) is 0.812. The van der Waals surface area contributed by atoms with E-state index in [1.54, 1.807) is 23.6 Å². The van der Waals surface area contributed by atoms with Crippen molar-refractivity contribution in [1.29, 1.82) is 0 Å². The third-order valence-corrected chi connectivity index (χ3v) is 4.07. The van der Waals surface area contributed by atoms with Gasteiger partial charge in [0.1, 0.15) is 4.88 Å². The van der Waals surface area contributed by atoms with Crippen LogP contribution in [0.15, 0.2) is 35.7 Å². The summed E-state index contributed by atoms with van der Waals surface area (Å²) in [5.41, 5.74) is 0.859. The Labute approximate surface area is 121 Å². The third kappa shape index (κ3) is 2.70. The fourth-order valence-corrected chi connectivity index (χ4v) is 2.73. The summed E-state index contributed by atoms with van der Waals surface area (Å²) in [5.74, 6) is -1.34. The second-order valence-corrected chi connectivity index (χ2v) is 5.48. The maximum atomic E-state index is 12.0. The van der Waals surface area contributed by atoms with Crippen molar-refractivity contribution >= 4 is 51.5 Å². The van der Waals surface area contributed by atoms with Crippen molar-refractivity contribution in [2.45, 2.75) is 0 Å². The summed E-state index contributed by atoms with van der Waals surface area (Å²) in [6.07, 6.45) is 0. The lowest BCUT2D eigenvalue weighted by Gasteiger charge is -2.06. The van der Waals surface area contributed by atoms with E-state index in [2.05, 4.69) is 27.9 Å². The highest BCUT2D eigenvalue weighted by atomic mass is 127. The summed E-state index contributed by atoms with van der Waals surface area (Å²) in [7, 11) is 0. The van der Waals surface area contributed by atoms with E-state index < -0.39 is 5.97 Å². The molecule has 1 aromatic heterocycles. The highest BCUT2D eigenvalue weighted by molar-refractivity contribution is 14.1. The Morgan fingerprint density at radius 1 is 1.22 bits per heavy atom. The van der Waals surface area contributed by atoms with Crippen molar-refractivity contribution in [2.75, 3.05) is 5.32 Å². The van der Waals surface area contributed by atoms with Gasteiger partial charge >= 0.3 is 5.97 Å². The lowest BCUT2D eigenvalue weighted by molar-refractivity contribution is 0.0703. The highest BCUT2D eigenvalue weighted by Gasteiger charge is 2.15. The monoisotopic (exact) mass is 373 g/mol. The standard InChI is InChI=1S/C12H8INO3S/c13-8-4-2-1-3-7(8)11(15)14-9-5-6-18-10(9)12(16)17/h1-6H,(H,14,15)(H,16,17). The van der Waals surface area contributed by atoms with Gasteiger partial charge in [-0.3, -0.25) is 4.79 Å². The predicted molar refractivity (Wildman–Crippen MR) is 78.4 cm³/mol. The molecule has 4 nitrogen and oxygen atoms in total. The van der Waals surface area contributed by atoms with Crippen molar-refractivity contribution in [3.8, 4) is 0 Å². The third-order valence-electron chi connectivity index (χ3n) is 2.23. The van der Waals surface area contributed by atoms with E-state index in [1.807, 2.05) is 12.1 Å². The number of benzene rings is 1. The molecule has 0 saturated carbocycles. The molecule has 0 fully saturated rings. The molecule has 2 N–H and O–H groups in total. The van der Waals surface area contributed by atoms with Gasteiger partial charge in [-0.25, -0.2) is 4.79 Å². The van der Waals surface area contributed by atoms with Crippen molar-refractivity contribution < 1.29 is 14.7 Å². The van der Waals surface area contributed by atoms with Gasteiger partial charge in [0.05, 0.1) is 11.3 Å². The number of thiophene rings is 1. The van der Waals surface area contributed by atoms with E-state index in [-0.39, 0.29) is 10.8 Å². The second kappa shape index (κ2) is 5.49. The fourth-order valence-electron chi connectivity index (χ4n) is 1.41. The van der Waals surface area contributed by atoms with Crippen molar-refractivity contribution in [2.24, 2.45) is 0 Å². The molecular weight excluding hydrogens is 365 g/mol. The molecule has 1 amide bonds. The number of rotatable bonds is 3. The molecule has 0 aliphatic heterocycles. The van der Waals surface area contributed by atoms with Crippen LogP contribution in [0.2, 0.25) is 0 Å². The Bertz CT molecular complexity index is 609. The summed E-state index contributed by atoms with van der Waals surface area (Å²) < 4.78 is 0.819. The summed E-state index contributed by atoms with van der Waals surface area (Å²) in [5, 5.41) is 13.2. The molecule has 0 atom stereocenters. The Balaban J connectivity index is 2.25. The minimum absolute atomic E-state index is 0.134. The number of carboxylic acids is 1. The Hall–Kier alpha value is -1.41. The maximum absolute atomic E-state index is 12.0. The number of anilines is 1. The number of halogens is 1. The molecule has 0 spiro atoms. The van der Waals surface area contributed by atoms with Crippen molar-refractivity contribution in [3.05, 3.63) is 49.7 Å². The minimum atomic E-state index is -1.04. The molecule has 2 aromatic rings. The summed E-state index contributed by atoms with van der Waals surface area (Å²) in [6.45, 7) is 0. The Morgan fingerprint density at radius 3 is 2.61 bits per heavy atom. The number of nitrogens with one attached hydrogen (secondary N) is 1. The molecule has 1 aromatic carbocycles. The maximum Gasteiger partial charge on any atom is 0.348 e. The van der Waals surface area contributed by atoms with E-state index in [9.17, 15) is 9.59 Å². The smallest absolute Gasteiger partial charge is 0.348 e. The molecule has 0 radical (unpaired) electrons. The molecule has 2 rings (SSSR count). The number of hydrogen-bond donors (Lipinski definition) is 2.